The second-order valence-electron chi connectivity index (χ2n) is 8.90. The highest BCUT2D eigenvalue weighted by Gasteiger charge is 2.44. The molecule has 5 rings (SSSR count). The van der Waals surface area contributed by atoms with Gasteiger partial charge >= 0.3 is 0 Å². The Balaban J connectivity index is 1.61. The molecule has 0 aromatic heterocycles. The SMILES string of the molecule is CCOc1ccc(C2=C(N3CCc4ccccc43)C(=O)N(c3ccc(C(C)C)cc3)C2=O)cc1. The number of nitrogens with zero attached hydrogens (tertiary/aromatic N) is 2. The molecule has 0 N–H and O–H groups in total. The summed E-state index contributed by atoms with van der Waals surface area (Å²) in [5.41, 5.74) is 5.49. The van der Waals surface area contributed by atoms with Crippen molar-refractivity contribution < 1.29 is 14.3 Å². The molecule has 2 aliphatic rings. The van der Waals surface area contributed by atoms with Gasteiger partial charge in [0.25, 0.3) is 11.8 Å². The summed E-state index contributed by atoms with van der Waals surface area (Å²) >= 11 is 0. The average molecular weight is 453 g/mol. The monoisotopic (exact) mass is 452 g/mol. The summed E-state index contributed by atoms with van der Waals surface area (Å²) in [6.45, 7) is 7.40. The van der Waals surface area contributed by atoms with E-state index in [0.717, 1.165) is 23.4 Å². The smallest absolute Gasteiger partial charge is 0.282 e. The summed E-state index contributed by atoms with van der Waals surface area (Å²) < 4.78 is 5.58. The first kappa shape index (κ1) is 22.0. The number of rotatable bonds is 6. The lowest BCUT2D eigenvalue weighted by Gasteiger charge is -2.22. The largest absolute Gasteiger partial charge is 0.494 e. The van der Waals surface area contributed by atoms with Gasteiger partial charge in [-0.3, -0.25) is 9.59 Å². The standard InChI is InChI=1S/C29H28N2O3/c1-4-34-24-15-11-22(12-16-24)26-27(30-18-17-21-7-5-6-8-25(21)30)29(33)31(28(26)32)23-13-9-20(10-14-23)19(2)3/h5-16,19H,4,17-18H2,1-3H3. The second-order valence-corrected chi connectivity index (χ2v) is 8.90. The van der Waals surface area contributed by atoms with Gasteiger partial charge < -0.3 is 9.64 Å². The molecule has 5 nitrogen and oxygen atoms in total. The van der Waals surface area contributed by atoms with Crippen molar-refractivity contribution in [1.82, 2.24) is 0 Å². The third kappa shape index (κ3) is 3.67. The maximum Gasteiger partial charge on any atom is 0.282 e. The van der Waals surface area contributed by atoms with Gasteiger partial charge in [0.05, 0.1) is 17.9 Å². The van der Waals surface area contributed by atoms with Gasteiger partial charge in [0.2, 0.25) is 0 Å². The molecule has 0 spiro atoms. The summed E-state index contributed by atoms with van der Waals surface area (Å²) in [5.74, 6) is 0.514. The van der Waals surface area contributed by atoms with Gasteiger partial charge in [0.1, 0.15) is 11.4 Å². The van der Waals surface area contributed by atoms with Crippen LogP contribution in [-0.4, -0.2) is 25.0 Å². The van der Waals surface area contributed by atoms with E-state index in [4.69, 9.17) is 4.74 Å². The van der Waals surface area contributed by atoms with E-state index in [2.05, 4.69) is 19.9 Å². The fourth-order valence-corrected chi connectivity index (χ4v) is 4.73. The Morgan fingerprint density at radius 2 is 1.59 bits per heavy atom. The Labute approximate surface area is 200 Å². The van der Waals surface area contributed by atoms with Crippen LogP contribution in [0.1, 0.15) is 43.4 Å². The molecule has 34 heavy (non-hydrogen) atoms. The molecule has 0 bridgehead atoms. The molecule has 0 unspecified atom stereocenters. The molecule has 0 radical (unpaired) electrons. The third-order valence-corrected chi connectivity index (χ3v) is 6.49. The van der Waals surface area contributed by atoms with Crippen molar-refractivity contribution in [2.75, 3.05) is 23.0 Å². The van der Waals surface area contributed by atoms with E-state index in [1.165, 1.54) is 10.5 Å². The number of hydrogen-bond acceptors (Lipinski definition) is 4. The normalized spacial score (nSPS) is 15.5. The van der Waals surface area contributed by atoms with Crippen molar-refractivity contribution >= 4 is 28.8 Å². The molecule has 172 valence electrons. The maximum absolute atomic E-state index is 13.9. The summed E-state index contributed by atoms with van der Waals surface area (Å²) in [6.07, 6.45) is 0.834. The quantitative estimate of drug-likeness (QED) is 0.460. The van der Waals surface area contributed by atoms with Crippen molar-refractivity contribution in [2.45, 2.75) is 33.1 Å². The van der Waals surface area contributed by atoms with Crippen LogP contribution in [0, 0.1) is 0 Å². The number of carbonyl (C=O) groups excluding carboxylic acids is 2. The highest BCUT2D eigenvalue weighted by molar-refractivity contribution is 6.46. The van der Waals surface area contributed by atoms with E-state index in [1.807, 2.05) is 78.6 Å². The summed E-state index contributed by atoms with van der Waals surface area (Å²) in [6, 6.07) is 23.2. The number of anilines is 2. The van der Waals surface area contributed by atoms with Gasteiger partial charge in [-0.15, -0.1) is 0 Å². The summed E-state index contributed by atoms with van der Waals surface area (Å²) in [7, 11) is 0. The zero-order valence-electron chi connectivity index (χ0n) is 19.7. The fourth-order valence-electron chi connectivity index (χ4n) is 4.73. The first-order valence-corrected chi connectivity index (χ1v) is 11.8. The van der Waals surface area contributed by atoms with Crippen LogP contribution in [-0.2, 0) is 16.0 Å². The minimum absolute atomic E-state index is 0.289. The van der Waals surface area contributed by atoms with Crippen LogP contribution in [0.5, 0.6) is 5.75 Å². The van der Waals surface area contributed by atoms with Crippen molar-refractivity contribution in [1.29, 1.82) is 0 Å². The Hall–Kier alpha value is -3.86. The van der Waals surface area contributed by atoms with Crippen LogP contribution in [0.2, 0.25) is 0 Å². The number of hydrogen-bond donors (Lipinski definition) is 0. The number of benzene rings is 3. The highest BCUT2D eigenvalue weighted by Crippen LogP contribution is 2.40. The predicted octanol–water partition coefficient (Wildman–Crippen LogP) is 5.56. The Morgan fingerprint density at radius 3 is 2.26 bits per heavy atom. The van der Waals surface area contributed by atoms with Crippen molar-refractivity contribution in [3.63, 3.8) is 0 Å². The molecule has 2 amide bonds. The molecule has 0 saturated carbocycles. The van der Waals surface area contributed by atoms with E-state index in [1.54, 1.807) is 0 Å². The average Bonchev–Trinajstić information content (AvgIpc) is 3.38. The van der Waals surface area contributed by atoms with Crippen molar-refractivity contribution in [2.24, 2.45) is 0 Å². The van der Waals surface area contributed by atoms with E-state index < -0.39 is 0 Å². The van der Waals surface area contributed by atoms with Crippen LogP contribution in [0.4, 0.5) is 11.4 Å². The molecule has 3 aromatic carbocycles. The van der Waals surface area contributed by atoms with E-state index in [-0.39, 0.29) is 11.8 Å². The second kappa shape index (κ2) is 8.82. The molecule has 3 aromatic rings. The van der Waals surface area contributed by atoms with Gasteiger partial charge in [-0.25, -0.2) is 4.90 Å². The molecule has 0 saturated heterocycles. The topological polar surface area (TPSA) is 49.9 Å². The zero-order valence-corrected chi connectivity index (χ0v) is 19.7. The van der Waals surface area contributed by atoms with Gasteiger partial charge in [-0.05, 0) is 66.3 Å². The van der Waals surface area contributed by atoms with Crippen LogP contribution >= 0.6 is 0 Å². The minimum Gasteiger partial charge on any atom is -0.494 e. The number of para-hydroxylation sites is 1. The number of fused-ring (bicyclic) bond motifs is 1. The molecule has 2 aliphatic heterocycles. The Morgan fingerprint density at radius 1 is 0.882 bits per heavy atom. The maximum atomic E-state index is 13.9. The molecule has 0 aliphatic carbocycles. The van der Waals surface area contributed by atoms with Crippen molar-refractivity contribution in [3.05, 3.63) is 95.2 Å². The molecule has 0 fully saturated rings. The lowest BCUT2D eigenvalue weighted by molar-refractivity contribution is -0.120. The highest BCUT2D eigenvalue weighted by atomic mass is 16.5. The molecular formula is C29H28N2O3. The van der Waals surface area contributed by atoms with Gasteiger partial charge in [-0.1, -0.05) is 56.3 Å². The Bertz CT molecular complexity index is 1270. The lowest BCUT2D eigenvalue weighted by Crippen LogP contribution is -2.34. The fraction of sp³-hybridized carbons (Fsp3) is 0.241. The van der Waals surface area contributed by atoms with Gasteiger partial charge in [0.15, 0.2) is 0 Å². The Kier molecular flexibility index (Phi) is 5.70. The van der Waals surface area contributed by atoms with E-state index in [0.29, 0.717) is 41.6 Å². The van der Waals surface area contributed by atoms with Crippen LogP contribution in [0.3, 0.4) is 0 Å². The van der Waals surface area contributed by atoms with Crippen LogP contribution < -0.4 is 14.5 Å². The van der Waals surface area contributed by atoms with Crippen LogP contribution in [0.25, 0.3) is 5.57 Å². The number of carbonyl (C=O) groups is 2. The number of ether oxygens (including phenoxy) is 1. The predicted molar refractivity (Wildman–Crippen MR) is 135 cm³/mol. The first-order valence-electron chi connectivity index (χ1n) is 11.8. The van der Waals surface area contributed by atoms with Gasteiger partial charge in [-0.2, -0.15) is 0 Å². The van der Waals surface area contributed by atoms with E-state index >= 15 is 0 Å². The van der Waals surface area contributed by atoms with Gasteiger partial charge in [0, 0.05) is 12.2 Å². The lowest BCUT2D eigenvalue weighted by atomic mass is 10.0. The number of imide groups is 1. The first-order chi connectivity index (χ1) is 16.5. The third-order valence-electron chi connectivity index (χ3n) is 6.49. The van der Waals surface area contributed by atoms with E-state index in [9.17, 15) is 9.59 Å². The molecular weight excluding hydrogens is 424 g/mol. The van der Waals surface area contributed by atoms with Crippen molar-refractivity contribution in [3.8, 4) is 5.75 Å². The number of amides is 2. The zero-order chi connectivity index (χ0) is 23.8. The summed E-state index contributed by atoms with van der Waals surface area (Å²) in [5, 5.41) is 0. The summed E-state index contributed by atoms with van der Waals surface area (Å²) in [4.78, 5) is 31.0. The molecule has 0 atom stereocenters. The minimum atomic E-state index is -0.300. The molecule has 2 heterocycles. The van der Waals surface area contributed by atoms with Crippen LogP contribution in [0.15, 0.2) is 78.5 Å². The molecule has 5 heteroatoms.